The van der Waals surface area contributed by atoms with Gasteiger partial charge in [-0.3, -0.25) is 4.57 Å². The first-order chi connectivity index (χ1) is 22.1. The van der Waals surface area contributed by atoms with Crippen LogP contribution in [0.2, 0.25) is 0 Å². The highest BCUT2D eigenvalue weighted by Crippen LogP contribution is 2.39. The van der Waals surface area contributed by atoms with Crippen LogP contribution in [-0.2, 0) is 11.3 Å². The van der Waals surface area contributed by atoms with Crippen LogP contribution in [0.4, 0.5) is 11.8 Å². The van der Waals surface area contributed by atoms with Gasteiger partial charge >= 0.3 is 0 Å². The zero-order valence-electron chi connectivity index (χ0n) is 24.8. The van der Waals surface area contributed by atoms with Gasteiger partial charge in [-0.15, -0.1) is 22.0 Å². The van der Waals surface area contributed by atoms with E-state index in [0.29, 0.717) is 36.0 Å². The van der Waals surface area contributed by atoms with Gasteiger partial charge in [-0.25, -0.2) is 4.98 Å². The molecule has 5 heterocycles. The van der Waals surface area contributed by atoms with Crippen LogP contribution in [0.1, 0.15) is 61.4 Å². The van der Waals surface area contributed by atoms with Gasteiger partial charge in [0.25, 0.3) is 0 Å². The van der Waals surface area contributed by atoms with Gasteiger partial charge in [-0.2, -0.15) is 14.8 Å². The van der Waals surface area contributed by atoms with Gasteiger partial charge in [-0.1, -0.05) is 60.7 Å². The van der Waals surface area contributed by atoms with Crippen molar-refractivity contribution in [1.29, 1.82) is 0 Å². The van der Waals surface area contributed by atoms with Crippen LogP contribution in [0.15, 0.2) is 67.0 Å². The number of imidazole rings is 1. The molecule has 0 radical (unpaired) electrons. The summed E-state index contributed by atoms with van der Waals surface area (Å²) in [7, 11) is 0. The van der Waals surface area contributed by atoms with Crippen LogP contribution in [0.25, 0.3) is 11.2 Å². The van der Waals surface area contributed by atoms with Gasteiger partial charge in [0.2, 0.25) is 11.8 Å². The van der Waals surface area contributed by atoms with E-state index in [1.165, 1.54) is 22.3 Å². The summed E-state index contributed by atoms with van der Waals surface area (Å²) in [4.78, 5) is 15.8. The van der Waals surface area contributed by atoms with Crippen molar-refractivity contribution >= 4 is 34.7 Å². The number of anilines is 2. The summed E-state index contributed by atoms with van der Waals surface area (Å²) < 4.78 is 7.81. The van der Waals surface area contributed by atoms with E-state index in [1.807, 2.05) is 55.1 Å². The average Bonchev–Trinajstić information content (AvgIpc) is 3.80. The molecule has 4 N–H and O–H groups in total. The smallest absolute Gasteiger partial charge is 0.227 e. The molecule has 7 rings (SSSR count). The highest BCUT2D eigenvalue weighted by atomic mass is 32.2. The van der Waals surface area contributed by atoms with Crippen molar-refractivity contribution in [2.45, 2.75) is 68.6 Å². The van der Waals surface area contributed by atoms with Gasteiger partial charge in [-0.05, 0) is 48.3 Å². The van der Waals surface area contributed by atoms with E-state index in [2.05, 4.69) is 55.3 Å². The van der Waals surface area contributed by atoms with Crippen LogP contribution in [0.5, 0.6) is 0 Å². The molecular weight excluding hydrogens is 592 g/mol. The summed E-state index contributed by atoms with van der Waals surface area (Å²) in [6.07, 6.45) is 0.429. The third-order valence-corrected chi connectivity index (χ3v) is 9.57. The average molecular weight is 629 g/mol. The Hall–Kier alpha value is -4.11. The lowest BCUT2D eigenvalue weighted by Crippen LogP contribution is -2.29. The summed E-state index contributed by atoms with van der Waals surface area (Å²) in [5, 5.41) is 41.6. The predicted molar refractivity (Wildman–Crippen MR) is 171 cm³/mol. The largest absolute Gasteiger partial charge is 0.387 e. The van der Waals surface area contributed by atoms with Gasteiger partial charge in [0.05, 0.1) is 18.2 Å². The number of thioether (sulfide) groups is 1. The topological polar surface area (TPSA) is 161 Å². The fraction of sp³-hybridized carbons (Fsp3) is 0.419. The van der Waals surface area contributed by atoms with Crippen molar-refractivity contribution in [2.75, 3.05) is 22.9 Å². The summed E-state index contributed by atoms with van der Waals surface area (Å²) in [6.45, 7) is 2.97. The number of nitrogens with one attached hydrogen (secondary N) is 2. The van der Waals surface area contributed by atoms with Crippen LogP contribution in [0.3, 0.4) is 0 Å². The van der Waals surface area contributed by atoms with Crippen molar-refractivity contribution in [3.05, 3.63) is 83.9 Å². The molecule has 0 amide bonds. The van der Waals surface area contributed by atoms with E-state index in [0.717, 1.165) is 18.6 Å². The van der Waals surface area contributed by atoms with E-state index in [9.17, 15) is 10.2 Å². The van der Waals surface area contributed by atoms with E-state index in [1.54, 1.807) is 10.9 Å². The predicted octanol–water partition coefficient (Wildman–Crippen LogP) is 3.72. The van der Waals surface area contributed by atoms with Crippen molar-refractivity contribution in [3.8, 4) is 0 Å². The number of aliphatic hydroxyl groups excluding tert-OH is 2. The molecule has 234 valence electrons. The number of aliphatic hydroxyl groups is 2. The maximum absolute atomic E-state index is 11.1. The number of aryl methyl sites for hydroxylation is 1. The van der Waals surface area contributed by atoms with Crippen molar-refractivity contribution < 1.29 is 14.9 Å². The first kappa shape index (κ1) is 29.6. The standard InChI is InChI=1S/C31H36N10O3S/c1-2-41-38-28(37-39-41)26-24(42)25(43)30(44-26)40-18-33-23-27(35-31(36-29(23)40)34-22-15-9-10-16-45-22)32-17-21(19-11-5-3-6-12-19)20-13-7-4-8-14-20/h3-8,11-14,18,21-22,24-26,30,42-43H,2,9-10,15-17H2,1H3,(H2,32,34,35,36)/t22?,24-,25+,26-,30+/m0/s1. The number of rotatable bonds is 10. The lowest BCUT2D eigenvalue weighted by atomic mass is 9.91. The highest BCUT2D eigenvalue weighted by Gasteiger charge is 2.47. The first-order valence-corrected chi connectivity index (χ1v) is 16.4. The number of hydrogen-bond donors (Lipinski definition) is 4. The molecule has 2 aliphatic rings. The Bertz CT molecular complexity index is 1670. The molecule has 5 aromatic rings. The molecule has 0 spiro atoms. The molecule has 2 saturated heterocycles. The molecule has 0 saturated carbocycles. The molecule has 13 nitrogen and oxygen atoms in total. The molecule has 5 atom stereocenters. The zero-order valence-corrected chi connectivity index (χ0v) is 25.7. The fourth-order valence-electron chi connectivity index (χ4n) is 5.89. The van der Waals surface area contributed by atoms with Crippen molar-refractivity contribution in [3.63, 3.8) is 0 Å². The van der Waals surface area contributed by atoms with Gasteiger partial charge in [0.15, 0.2) is 29.3 Å². The lowest BCUT2D eigenvalue weighted by molar-refractivity contribution is -0.0384. The summed E-state index contributed by atoms with van der Waals surface area (Å²) in [5.41, 5.74) is 3.36. The van der Waals surface area contributed by atoms with E-state index >= 15 is 0 Å². The van der Waals surface area contributed by atoms with Crippen LogP contribution < -0.4 is 10.6 Å². The SMILES string of the molecule is CCn1nnc([C@H]2O[C@@H](n3cnc4c(NCC(c5ccccc5)c5ccccc5)nc(NC5CCCCS5)nc43)[C@H](O)[C@@H]2O)n1. The Morgan fingerprint density at radius 2 is 1.76 bits per heavy atom. The Morgan fingerprint density at radius 3 is 2.42 bits per heavy atom. The summed E-state index contributed by atoms with van der Waals surface area (Å²) in [6, 6.07) is 20.7. The Balaban J connectivity index is 1.23. The molecule has 2 fully saturated rings. The van der Waals surface area contributed by atoms with Crippen molar-refractivity contribution in [2.24, 2.45) is 0 Å². The van der Waals surface area contributed by atoms with Gasteiger partial charge < -0.3 is 25.6 Å². The first-order valence-electron chi connectivity index (χ1n) is 15.3. The second-order valence-electron chi connectivity index (χ2n) is 11.2. The van der Waals surface area contributed by atoms with E-state index in [4.69, 9.17) is 14.7 Å². The maximum Gasteiger partial charge on any atom is 0.227 e. The lowest BCUT2D eigenvalue weighted by Gasteiger charge is -2.23. The molecule has 0 bridgehead atoms. The monoisotopic (exact) mass is 628 g/mol. The summed E-state index contributed by atoms with van der Waals surface area (Å²) in [5.74, 6) is 2.37. The van der Waals surface area contributed by atoms with E-state index in [-0.39, 0.29) is 17.1 Å². The molecular formula is C31H36N10O3S. The molecule has 2 aliphatic heterocycles. The molecule has 0 aliphatic carbocycles. The van der Waals surface area contributed by atoms with Crippen LogP contribution >= 0.6 is 11.8 Å². The number of fused-ring (bicyclic) bond motifs is 1. The second kappa shape index (κ2) is 13.1. The Labute approximate surface area is 264 Å². The number of aromatic nitrogens is 8. The quantitative estimate of drug-likeness (QED) is 0.178. The number of nitrogens with zero attached hydrogens (tertiary/aromatic N) is 8. The normalized spacial score (nSPS) is 23.5. The Kier molecular flexibility index (Phi) is 8.61. The van der Waals surface area contributed by atoms with Crippen LogP contribution in [0, 0.1) is 0 Å². The van der Waals surface area contributed by atoms with Crippen LogP contribution in [-0.4, -0.2) is 79.8 Å². The molecule has 45 heavy (non-hydrogen) atoms. The molecule has 3 aromatic heterocycles. The number of ether oxygens (including phenoxy) is 1. The third-order valence-electron chi connectivity index (χ3n) is 8.29. The molecule has 1 unspecified atom stereocenters. The number of hydrogen-bond acceptors (Lipinski definition) is 12. The Morgan fingerprint density at radius 1 is 1.00 bits per heavy atom. The fourth-order valence-corrected chi connectivity index (χ4v) is 7.07. The maximum atomic E-state index is 11.1. The number of tetrazole rings is 1. The molecule has 2 aromatic carbocycles. The number of benzene rings is 2. The minimum Gasteiger partial charge on any atom is -0.387 e. The van der Waals surface area contributed by atoms with Gasteiger partial charge in [0.1, 0.15) is 12.2 Å². The summed E-state index contributed by atoms with van der Waals surface area (Å²) >= 11 is 1.86. The molecule has 14 heteroatoms. The second-order valence-corrected chi connectivity index (χ2v) is 12.5. The zero-order chi connectivity index (χ0) is 30.8. The van der Waals surface area contributed by atoms with Gasteiger partial charge in [0, 0.05) is 12.5 Å². The van der Waals surface area contributed by atoms with E-state index < -0.39 is 24.5 Å². The minimum atomic E-state index is -1.28. The third kappa shape index (κ3) is 6.10. The minimum absolute atomic E-state index is 0.0599. The van der Waals surface area contributed by atoms with Crippen molar-refractivity contribution in [1.82, 2.24) is 39.7 Å². The highest BCUT2D eigenvalue weighted by molar-refractivity contribution is 8.00.